The minimum absolute atomic E-state index is 0.101. The first kappa shape index (κ1) is 14.7. The SMILES string of the molecule is O=C(CCn1cc(Br)cc(Br)c1=O)N1CCNCC1. The molecule has 1 aliphatic rings. The van der Waals surface area contributed by atoms with E-state index in [9.17, 15) is 9.59 Å². The van der Waals surface area contributed by atoms with Gasteiger partial charge in [0.1, 0.15) is 0 Å². The number of aryl methyl sites for hydroxylation is 1. The second kappa shape index (κ2) is 6.67. The van der Waals surface area contributed by atoms with E-state index in [1.165, 1.54) is 0 Å². The molecule has 0 aromatic carbocycles. The van der Waals surface area contributed by atoms with Gasteiger partial charge in [-0.15, -0.1) is 0 Å². The fraction of sp³-hybridized carbons (Fsp3) is 0.500. The summed E-state index contributed by atoms with van der Waals surface area (Å²) in [7, 11) is 0. The Morgan fingerprint density at radius 1 is 1.32 bits per heavy atom. The largest absolute Gasteiger partial charge is 0.340 e. The standard InChI is InChI=1S/C12H15Br2N3O2/c13-9-7-10(14)12(19)17(8-9)4-1-11(18)16-5-2-15-3-6-16/h7-8,15H,1-6H2. The predicted octanol–water partition coefficient (Wildman–Crippen LogP) is 1.20. The van der Waals surface area contributed by atoms with Crippen molar-refractivity contribution in [3.05, 3.63) is 31.6 Å². The fourth-order valence-corrected chi connectivity index (χ4v) is 3.28. The van der Waals surface area contributed by atoms with Gasteiger partial charge in [-0.3, -0.25) is 9.59 Å². The van der Waals surface area contributed by atoms with Crippen molar-refractivity contribution in [3.8, 4) is 0 Å². The highest BCUT2D eigenvalue weighted by molar-refractivity contribution is 9.11. The molecule has 1 aromatic rings. The van der Waals surface area contributed by atoms with Crippen molar-refractivity contribution >= 4 is 37.8 Å². The summed E-state index contributed by atoms with van der Waals surface area (Å²) in [5.74, 6) is 0.101. The Balaban J connectivity index is 1.98. The van der Waals surface area contributed by atoms with E-state index in [0.717, 1.165) is 30.7 Å². The van der Waals surface area contributed by atoms with Gasteiger partial charge in [0, 0.05) is 49.8 Å². The van der Waals surface area contributed by atoms with Gasteiger partial charge in [-0.25, -0.2) is 0 Å². The summed E-state index contributed by atoms with van der Waals surface area (Å²) < 4.78 is 2.86. The lowest BCUT2D eigenvalue weighted by atomic mass is 10.3. The third kappa shape index (κ3) is 3.90. The number of carbonyl (C=O) groups is 1. The molecule has 1 aliphatic heterocycles. The van der Waals surface area contributed by atoms with Crippen molar-refractivity contribution < 1.29 is 4.79 Å². The number of amides is 1. The van der Waals surface area contributed by atoms with Crippen LogP contribution in [0.1, 0.15) is 6.42 Å². The molecule has 5 nitrogen and oxygen atoms in total. The highest BCUT2D eigenvalue weighted by Gasteiger charge is 2.16. The van der Waals surface area contributed by atoms with Gasteiger partial charge in [0.2, 0.25) is 5.91 Å². The average molecular weight is 393 g/mol. The molecule has 104 valence electrons. The Kier molecular flexibility index (Phi) is 5.18. The maximum absolute atomic E-state index is 12.0. The highest BCUT2D eigenvalue weighted by atomic mass is 79.9. The van der Waals surface area contributed by atoms with Crippen LogP contribution in [0.2, 0.25) is 0 Å². The van der Waals surface area contributed by atoms with Crippen molar-refractivity contribution in [2.45, 2.75) is 13.0 Å². The zero-order valence-electron chi connectivity index (χ0n) is 10.4. The monoisotopic (exact) mass is 391 g/mol. The molecule has 1 saturated heterocycles. The number of hydrogen-bond donors (Lipinski definition) is 1. The minimum Gasteiger partial charge on any atom is -0.340 e. The summed E-state index contributed by atoms with van der Waals surface area (Å²) in [6, 6.07) is 1.71. The number of carbonyl (C=O) groups excluding carboxylic acids is 1. The maximum Gasteiger partial charge on any atom is 0.264 e. The fourth-order valence-electron chi connectivity index (χ4n) is 2.02. The van der Waals surface area contributed by atoms with Crippen LogP contribution in [0.15, 0.2) is 26.0 Å². The number of pyridine rings is 1. The van der Waals surface area contributed by atoms with Crippen LogP contribution in [0.3, 0.4) is 0 Å². The summed E-state index contributed by atoms with van der Waals surface area (Å²) in [5.41, 5.74) is -0.115. The number of rotatable bonds is 3. The van der Waals surface area contributed by atoms with Crippen LogP contribution in [0.4, 0.5) is 0 Å². The van der Waals surface area contributed by atoms with E-state index in [-0.39, 0.29) is 11.5 Å². The van der Waals surface area contributed by atoms with Gasteiger partial charge < -0.3 is 14.8 Å². The van der Waals surface area contributed by atoms with Crippen molar-refractivity contribution in [2.75, 3.05) is 26.2 Å². The molecule has 7 heteroatoms. The van der Waals surface area contributed by atoms with Crippen LogP contribution in [0.25, 0.3) is 0 Å². The summed E-state index contributed by atoms with van der Waals surface area (Å²) >= 11 is 6.55. The van der Waals surface area contributed by atoms with E-state index in [1.807, 2.05) is 4.90 Å². The van der Waals surface area contributed by atoms with E-state index >= 15 is 0 Å². The van der Waals surface area contributed by atoms with E-state index in [4.69, 9.17) is 0 Å². The second-order valence-corrected chi connectivity index (χ2v) is 6.16. The van der Waals surface area contributed by atoms with Crippen molar-refractivity contribution in [1.82, 2.24) is 14.8 Å². The Labute approximate surface area is 128 Å². The topological polar surface area (TPSA) is 54.3 Å². The molecular formula is C12H15Br2N3O2. The van der Waals surface area contributed by atoms with Crippen LogP contribution in [0, 0.1) is 0 Å². The number of aromatic nitrogens is 1. The molecule has 0 unspecified atom stereocenters. The summed E-state index contributed by atoms with van der Waals surface area (Å²) in [6.07, 6.45) is 2.06. The number of hydrogen-bond acceptors (Lipinski definition) is 3. The molecule has 1 N–H and O–H groups in total. The minimum atomic E-state index is -0.115. The van der Waals surface area contributed by atoms with E-state index in [1.54, 1.807) is 16.8 Å². The number of nitrogens with one attached hydrogen (secondary N) is 1. The molecule has 2 rings (SSSR count). The van der Waals surface area contributed by atoms with Gasteiger partial charge in [-0.2, -0.15) is 0 Å². The quantitative estimate of drug-likeness (QED) is 0.840. The maximum atomic E-state index is 12.0. The lowest BCUT2D eigenvalue weighted by Gasteiger charge is -2.27. The predicted molar refractivity (Wildman–Crippen MR) is 80.2 cm³/mol. The Bertz CT molecular complexity index is 524. The van der Waals surface area contributed by atoms with Crippen molar-refractivity contribution in [3.63, 3.8) is 0 Å². The summed E-state index contributed by atoms with van der Waals surface area (Å²) in [5, 5.41) is 3.21. The number of nitrogens with zero attached hydrogens (tertiary/aromatic N) is 2. The Hall–Kier alpha value is -0.660. The molecule has 0 atom stereocenters. The average Bonchev–Trinajstić information content (AvgIpc) is 2.41. The molecule has 0 aliphatic carbocycles. The molecule has 0 spiro atoms. The van der Waals surface area contributed by atoms with Gasteiger partial charge in [-0.1, -0.05) is 0 Å². The lowest BCUT2D eigenvalue weighted by Crippen LogP contribution is -2.46. The van der Waals surface area contributed by atoms with Gasteiger partial charge >= 0.3 is 0 Å². The van der Waals surface area contributed by atoms with Gasteiger partial charge in [0.25, 0.3) is 5.56 Å². The van der Waals surface area contributed by atoms with Gasteiger partial charge in [-0.05, 0) is 37.9 Å². The Morgan fingerprint density at radius 2 is 2.00 bits per heavy atom. The number of halogens is 2. The first-order chi connectivity index (χ1) is 9.08. The molecular weight excluding hydrogens is 378 g/mol. The van der Waals surface area contributed by atoms with Crippen LogP contribution in [-0.2, 0) is 11.3 Å². The molecule has 1 fully saturated rings. The summed E-state index contributed by atoms with van der Waals surface area (Å²) in [4.78, 5) is 25.7. The third-order valence-electron chi connectivity index (χ3n) is 3.05. The van der Waals surface area contributed by atoms with E-state index < -0.39 is 0 Å². The first-order valence-corrected chi connectivity index (χ1v) is 7.70. The van der Waals surface area contributed by atoms with Gasteiger partial charge in [0.15, 0.2) is 0 Å². The molecule has 0 saturated carbocycles. The lowest BCUT2D eigenvalue weighted by molar-refractivity contribution is -0.132. The molecule has 19 heavy (non-hydrogen) atoms. The zero-order valence-corrected chi connectivity index (χ0v) is 13.5. The zero-order chi connectivity index (χ0) is 13.8. The van der Waals surface area contributed by atoms with Crippen molar-refractivity contribution in [2.24, 2.45) is 0 Å². The van der Waals surface area contributed by atoms with Crippen LogP contribution in [0.5, 0.6) is 0 Å². The van der Waals surface area contributed by atoms with Gasteiger partial charge in [0.05, 0.1) is 4.47 Å². The molecule has 2 heterocycles. The molecule has 0 bridgehead atoms. The smallest absolute Gasteiger partial charge is 0.264 e. The van der Waals surface area contributed by atoms with Crippen LogP contribution >= 0.6 is 31.9 Å². The van der Waals surface area contributed by atoms with Crippen LogP contribution < -0.4 is 10.9 Å². The van der Waals surface area contributed by atoms with E-state index in [2.05, 4.69) is 37.2 Å². The first-order valence-electron chi connectivity index (χ1n) is 6.12. The molecule has 0 radical (unpaired) electrons. The Morgan fingerprint density at radius 3 is 2.68 bits per heavy atom. The van der Waals surface area contributed by atoms with E-state index in [0.29, 0.717) is 17.4 Å². The number of piperazine rings is 1. The summed E-state index contributed by atoms with van der Waals surface area (Å²) in [6.45, 7) is 3.58. The molecule has 1 amide bonds. The normalized spacial score (nSPS) is 15.6. The van der Waals surface area contributed by atoms with Crippen LogP contribution in [-0.4, -0.2) is 41.6 Å². The molecule has 1 aromatic heterocycles. The van der Waals surface area contributed by atoms with Crippen molar-refractivity contribution in [1.29, 1.82) is 0 Å². The second-order valence-electron chi connectivity index (χ2n) is 4.39. The highest BCUT2D eigenvalue weighted by Crippen LogP contribution is 2.13. The third-order valence-corrected chi connectivity index (χ3v) is 4.05.